The van der Waals surface area contributed by atoms with Gasteiger partial charge in [-0.05, 0) is 43.9 Å². The van der Waals surface area contributed by atoms with Crippen LogP contribution in [0.4, 0.5) is 5.69 Å². The zero-order valence-corrected chi connectivity index (χ0v) is 16.4. The summed E-state index contributed by atoms with van der Waals surface area (Å²) in [6.07, 6.45) is 2.63. The second kappa shape index (κ2) is 9.67. The lowest BCUT2D eigenvalue weighted by Crippen LogP contribution is -2.50. The van der Waals surface area contributed by atoms with Gasteiger partial charge < -0.3 is 14.5 Å². The van der Waals surface area contributed by atoms with Crippen LogP contribution >= 0.6 is 0 Å². The Morgan fingerprint density at radius 2 is 1.67 bits per heavy atom. The minimum Gasteiger partial charge on any atom is -0.372 e. The first kappa shape index (κ1) is 19.6. The summed E-state index contributed by atoms with van der Waals surface area (Å²) in [5, 5.41) is 0. The fourth-order valence-electron chi connectivity index (χ4n) is 3.74. The molecule has 4 heteroatoms. The lowest BCUT2D eigenvalue weighted by molar-refractivity contribution is -0.128. The Morgan fingerprint density at radius 3 is 2.26 bits per heavy atom. The number of hydrogen-bond donors (Lipinski definition) is 0. The van der Waals surface area contributed by atoms with Crippen molar-refractivity contribution in [3.8, 4) is 0 Å². The average molecular weight is 367 g/mol. The molecule has 0 aliphatic carbocycles. The standard InChI is InChI=1S/C23H30N2O2/c1-19(27-2)23(26)25(21-11-7-4-8-12-21)22-14-17-24(18-15-22)16-13-20-9-5-3-6-10-20/h3-12,19,22H,13-18H2,1-2H3. The molecule has 1 fully saturated rings. The summed E-state index contributed by atoms with van der Waals surface area (Å²) in [6.45, 7) is 4.95. The van der Waals surface area contributed by atoms with Crippen molar-refractivity contribution in [1.82, 2.24) is 4.90 Å². The Balaban J connectivity index is 1.61. The fourth-order valence-corrected chi connectivity index (χ4v) is 3.74. The number of nitrogens with zero attached hydrogens (tertiary/aromatic N) is 2. The number of methoxy groups -OCH3 is 1. The summed E-state index contributed by atoms with van der Waals surface area (Å²) in [5.41, 5.74) is 2.35. The van der Waals surface area contributed by atoms with Crippen LogP contribution in [0.1, 0.15) is 25.3 Å². The molecule has 1 amide bonds. The number of piperidine rings is 1. The van der Waals surface area contributed by atoms with Gasteiger partial charge in [-0.25, -0.2) is 0 Å². The summed E-state index contributed by atoms with van der Waals surface area (Å²) in [7, 11) is 1.60. The first-order valence-electron chi connectivity index (χ1n) is 9.86. The maximum Gasteiger partial charge on any atom is 0.256 e. The molecular weight excluding hydrogens is 336 g/mol. The van der Waals surface area contributed by atoms with Gasteiger partial charge in [0.05, 0.1) is 0 Å². The highest BCUT2D eigenvalue weighted by Crippen LogP contribution is 2.25. The number of carbonyl (C=O) groups is 1. The first-order valence-corrected chi connectivity index (χ1v) is 9.86. The molecule has 0 N–H and O–H groups in total. The number of rotatable bonds is 7. The third-order valence-corrected chi connectivity index (χ3v) is 5.45. The van der Waals surface area contributed by atoms with E-state index in [-0.39, 0.29) is 11.9 Å². The summed E-state index contributed by atoms with van der Waals surface area (Å²) in [4.78, 5) is 17.4. The molecule has 0 radical (unpaired) electrons. The monoisotopic (exact) mass is 366 g/mol. The van der Waals surface area contributed by atoms with Crippen molar-refractivity contribution in [2.24, 2.45) is 0 Å². The van der Waals surface area contributed by atoms with Gasteiger partial charge in [0.2, 0.25) is 0 Å². The Hall–Kier alpha value is -2.17. The highest BCUT2D eigenvalue weighted by atomic mass is 16.5. The zero-order valence-electron chi connectivity index (χ0n) is 16.4. The molecule has 2 aromatic rings. The van der Waals surface area contributed by atoms with Gasteiger partial charge in [-0.2, -0.15) is 0 Å². The van der Waals surface area contributed by atoms with E-state index in [1.807, 2.05) is 42.2 Å². The molecular formula is C23H30N2O2. The topological polar surface area (TPSA) is 32.8 Å². The van der Waals surface area contributed by atoms with Gasteiger partial charge in [-0.3, -0.25) is 4.79 Å². The van der Waals surface area contributed by atoms with Crippen molar-refractivity contribution in [1.29, 1.82) is 0 Å². The number of hydrogen-bond acceptors (Lipinski definition) is 3. The van der Waals surface area contributed by atoms with Crippen LogP contribution in [-0.2, 0) is 16.0 Å². The van der Waals surface area contributed by atoms with Gasteiger partial charge in [0, 0.05) is 38.5 Å². The van der Waals surface area contributed by atoms with Crippen molar-refractivity contribution >= 4 is 11.6 Å². The molecule has 2 aromatic carbocycles. The molecule has 4 nitrogen and oxygen atoms in total. The molecule has 1 aliphatic rings. The molecule has 144 valence electrons. The van der Waals surface area contributed by atoms with Crippen molar-refractivity contribution in [3.63, 3.8) is 0 Å². The molecule has 1 saturated heterocycles. The second-order valence-electron chi connectivity index (χ2n) is 7.23. The minimum atomic E-state index is -0.429. The van der Waals surface area contributed by atoms with Crippen LogP contribution in [0.3, 0.4) is 0 Å². The summed E-state index contributed by atoms with van der Waals surface area (Å²) < 4.78 is 5.31. The first-order chi connectivity index (χ1) is 13.2. The number of amides is 1. The van der Waals surface area contributed by atoms with Crippen molar-refractivity contribution in [2.75, 3.05) is 31.6 Å². The average Bonchev–Trinajstić information content (AvgIpc) is 2.74. The zero-order chi connectivity index (χ0) is 19.1. The van der Waals surface area contributed by atoms with E-state index in [0.717, 1.165) is 44.6 Å². The van der Waals surface area contributed by atoms with Gasteiger partial charge in [0.15, 0.2) is 0 Å². The Morgan fingerprint density at radius 1 is 1.07 bits per heavy atom. The van der Waals surface area contributed by atoms with Crippen LogP contribution < -0.4 is 4.90 Å². The molecule has 0 saturated carbocycles. The minimum absolute atomic E-state index is 0.0476. The normalized spacial score (nSPS) is 16.8. The van der Waals surface area contributed by atoms with E-state index in [4.69, 9.17) is 4.74 Å². The van der Waals surface area contributed by atoms with Gasteiger partial charge in [0.25, 0.3) is 5.91 Å². The summed E-state index contributed by atoms with van der Waals surface area (Å²) >= 11 is 0. The number of benzene rings is 2. The highest BCUT2D eigenvalue weighted by Gasteiger charge is 2.31. The molecule has 27 heavy (non-hydrogen) atoms. The van der Waals surface area contributed by atoms with E-state index in [1.54, 1.807) is 7.11 Å². The smallest absolute Gasteiger partial charge is 0.256 e. The Labute approximate surface area is 162 Å². The van der Waals surface area contributed by atoms with Gasteiger partial charge in [-0.15, -0.1) is 0 Å². The molecule has 0 aromatic heterocycles. The van der Waals surface area contributed by atoms with Crippen LogP contribution in [0.5, 0.6) is 0 Å². The molecule has 1 unspecified atom stereocenters. The van der Waals surface area contributed by atoms with E-state index in [1.165, 1.54) is 5.56 Å². The lowest BCUT2D eigenvalue weighted by Gasteiger charge is -2.39. The molecule has 3 rings (SSSR count). The fraction of sp³-hybridized carbons (Fsp3) is 0.435. The number of para-hydroxylation sites is 1. The number of ether oxygens (including phenoxy) is 1. The van der Waals surface area contributed by atoms with Gasteiger partial charge in [-0.1, -0.05) is 48.5 Å². The third-order valence-electron chi connectivity index (χ3n) is 5.45. The second-order valence-corrected chi connectivity index (χ2v) is 7.23. The SMILES string of the molecule is COC(C)C(=O)N(c1ccccc1)C1CCN(CCc2ccccc2)CC1. The third kappa shape index (κ3) is 5.18. The van der Waals surface area contributed by atoms with Crippen LogP contribution in [0.25, 0.3) is 0 Å². The molecule has 0 spiro atoms. The predicted molar refractivity (Wildman–Crippen MR) is 110 cm³/mol. The maximum atomic E-state index is 13.0. The molecule has 1 atom stereocenters. The van der Waals surface area contributed by atoms with E-state index >= 15 is 0 Å². The van der Waals surface area contributed by atoms with E-state index in [0.29, 0.717) is 0 Å². The van der Waals surface area contributed by atoms with Crippen molar-refractivity contribution in [3.05, 3.63) is 66.2 Å². The van der Waals surface area contributed by atoms with Crippen LogP contribution in [0.2, 0.25) is 0 Å². The largest absolute Gasteiger partial charge is 0.372 e. The maximum absolute atomic E-state index is 13.0. The summed E-state index contributed by atoms with van der Waals surface area (Å²) in [5.74, 6) is 0.0476. The summed E-state index contributed by atoms with van der Waals surface area (Å²) in [6, 6.07) is 20.9. The van der Waals surface area contributed by atoms with E-state index < -0.39 is 6.10 Å². The van der Waals surface area contributed by atoms with Crippen LogP contribution in [-0.4, -0.2) is 49.7 Å². The number of anilines is 1. The Bertz CT molecular complexity index is 697. The number of likely N-dealkylation sites (tertiary alicyclic amines) is 1. The van der Waals surface area contributed by atoms with E-state index in [9.17, 15) is 4.79 Å². The molecule has 0 bridgehead atoms. The van der Waals surface area contributed by atoms with Crippen LogP contribution in [0.15, 0.2) is 60.7 Å². The Kier molecular flexibility index (Phi) is 7.02. The van der Waals surface area contributed by atoms with Gasteiger partial charge >= 0.3 is 0 Å². The van der Waals surface area contributed by atoms with Crippen LogP contribution in [0, 0.1) is 0 Å². The molecule has 1 aliphatic heterocycles. The van der Waals surface area contributed by atoms with Crippen molar-refractivity contribution in [2.45, 2.75) is 38.3 Å². The number of carbonyl (C=O) groups excluding carboxylic acids is 1. The van der Waals surface area contributed by atoms with Gasteiger partial charge in [0.1, 0.15) is 6.10 Å². The van der Waals surface area contributed by atoms with E-state index in [2.05, 4.69) is 35.2 Å². The molecule has 1 heterocycles. The predicted octanol–water partition coefficient (Wildman–Crippen LogP) is 3.76. The highest BCUT2D eigenvalue weighted by molar-refractivity contribution is 5.96. The van der Waals surface area contributed by atoms with Crippen molar-refractivity contribution < 1.29 is 9.53 Å². The quantitative estimate of drug-likeness (QED) is 0.748. The lowest BCUT2D eigenvalue weighted by atomic mass is 10.0.